The molecule has 1 amide bonds. The van der Waals surface area contributed by atoms with E-state index in [0.29, 0.717) is 12.1 Å². The summed E-state index contributed by atoms with van der Waals surface area (Å²) >= 11 is 0. The molecule has 3 aromatic rings. The zero-order chi connectivity index (χ0) is 23.6. The Kier molecular flexibility index (Phi) is 6.45. The smallest absolute Gasteiger partial charge is 0.256 e. The second-order valence-electron chi connectivity index (χ2n) is 9.79. The number of nitrogens with one attached hydrogen (secondary N) is 2. The zero-order valence-corrected chi connectivity index (χ0v) is 20.2. The van der Waals surface area contributed by atoms with Crippen LogP contribution in [0.3, 0.4) is 0 Å². The number of aromatic nitrogens is 2. The van der Waals surface area contributed by atoms with Crippen LogP contribution in [-0.2, 0) is 13.0 Å². The molecule has 0 spiro atoms. The van der Waals surface area contributed by atoms with Crippen LogP contribution in [0.5, 0.6) is 5.75 Å². The number of nitrogens with zero attached hydrogens (tertiary/aromatic N) is 2. The lowest BCUT2D eigenvalue weighted by Gasteiger charge is -2.39. The molecule has 1 aromatic heterocycles. The highest BCUT2D eigenvalue weighted by Crippen LogP contribution is 2.44. The molecule has 2 atom stereocenters. The van der Waals surface area contributed by atoms with Gasteiger partial charge in [0.05, 0.1) is 25.4 Å². The summed E-state index contributed by atoms with van der Waals surface area (Å²) in [6, 6.07) is 16.8. The summed E-state index contributed by atoms with van der Waals surface area (Å²) in [4.78, 5) is 13.1. The van der Waals surface area contributed by atoms with Gasteiger partial charge in [-0.15, -0.1) is 0 Å². The number of aryl methyl sites for hydroxylation is 1. The van der Waals surface area contributed by atoms with Gasteiger partial charge in [-0.25, -0.2) is 4.68 Å². The molecule has 0 fully saturated rings. The maximum absolute atomic E-state index is 13.1. The third-order valence-corrected chi connectivity index (χ3v) is 6.51. The molecule has 2 aromatic carbocycles. The molecule has 1 aliphatic rings. The van der Waals surface area contributed by atoms with Crippen LogP contribution < -0.4 is 15.4 Å². The SMILES string of the molecule is CCc1ccc([C@@H]2C[C@H](C(C)(C)C)n3ncc(C(=O)NCc4ccc(OC)cc4)c3N2)cc1. The fraction of sp³-hybridized carbons (Fsp3) is 0.407. The fourth-order valence-corrected chi connectivity index (χ4v) is 4.40. The summed E-state index contributed by atoms with van der Waals surface area (Å²) in [6.45, 7) is 9.30. The predicted octanol–water partition coefficient (Wildman–Crippen LogP) is 5.53. The predicted molar refractivity (Wildman–Crippen MR) is 132 cm³/mol. The number of anilines is 1. The van der Waals surface area contributed by atoms with Crippen molar-refractivity contribution in [2.24, 2.45) is 5.41 Å². The number of rotatable bonds is 6. The van der Waals surface area contributed by atoms with Crippen molar-refractivity contribution >= 4 is 11.7 Å². The van der Waals surface area contributed by atoms with Gasteiger partial charge in [-0.2, -0.15) is 5.10 Å². The number of amides is 1. The molecule has 0 bridgehead atoms. The number of hydrogen-bond donors (Lipinski definition) is 2. The number of methoxy groups -OCH3 is 1. The Labute approximate surface area is 196 Å². The van der Waals surface area contributed by atoms with E-state index in [2.05, 4.69) is 67.7 Å². The zero-order valence-electron chi connectivity index (χ0n) is 20.2. The molecule has 0 saturated heterocycles. The fourth-order valence-electron chi connectivity index (χ4n) is 4.40. The van der Waals surface area contributed by atoms with E-state index in [9.17, 15) is 4.79 Å². The van der Waals surface area contributed by atoms with Crippen LogP contribution in [0.2, 0.25) is 0 Å². The Bertz CT molecular complexity index is 1090. The van der Waals surface area contributed by atoms with E-state index in [1.165, 1.54) is 11.1 Å². The number of ether oxygens (including phenoxy) is 1. The van der Waals surface area contributed by atoms with Crippen LogP contribution in [-0.4, -0.2) is 22.8 Å². The maximum Gasteiger partial charge on any atom is 0.256 e. The lowest BCUT2D eigenvalue weighted by molar-refractivity contribution is 0.0951. The first-order valence-electron chi connectivity index (χ1n) is 11.6. The van der Waals surface area contributed by atoms with E-state index >= 15 is 0 Å². The minimum absolute atomic E-state index is 0.00131. The molecular formula is C27H34N4O2. The first-order chi connectivity index (χ1) is 15.8. The maximum atomic E-state index is 13.1. The van der Waals surface area contributed by atoms with Gasteiger partial charge in [0.15, 0.2) is 0 Å². The van der Waals surface area contributed by atoms with Gasteiger partial charge >= 0.3 is 0 Å². The second kappa shape index (κ2) is 9.30. The van der Waals surface area contributed by atoms with E-state index in [-0.39, 0.29) is 23.4 Å². The van der Waals surface area contributed by atoms with Crippen molar-refractivity contribution in [3.63, 3.8) is 0 Å². The van der Waals surface area contributed by atoms with E-state index in [4.69, 9.17) is 4.74 Å². The molecule has 1 aliphatic heterocycles. The first-order valence-corrected chi connectivity index (χ1v) is 11.6. The summed E-state index contributed by atoms with van der Waals surface area (Å²) in [5.74, 6) is 1.46. The summed E-state index contributed by atoms with van der Waals surface area (Å²) in [5.41, 5.74) is 4.15. The van der Waals surface area contributed by atoms with Gasteiger partial charge in [-0.3, -0.25) is 4.79 Å². The lowest BCUT2D eigenvalue weighted by Crippen LogP contribution is -2.35. The van der Waals surface area contributed by atoms with Gasteiger partial charge in [-0.05, 0) is 47.1 Å². The Balaban J connectivity index is 1.57. The van der Waals surface area contributed by atoms with Gasteiger partial charge in [0.1, 0.15) is 17.1 Å². The van der Waals surface area contributed by atoms with Crippen LogP contribution in [0, 0.1) is 5.41 Å². The summed E-state index contributed by atoms with van der Waals surface area (Å²) in [5, 5.41) is 11.3. The minimum Gasteiger partial charge on any atom is -0.497 e. The van der Waals surface area contributed by atoms with Gasteiger partial charge in [0.2, 0.25) is 0 Å². The van der Waals surface area contributed by atoms with E-state index < -0.39 is 0 Å². The Morgan fingerprint density at radius 2 is 1.79 bits per heavy atom. The van der Waals surface area contributed by atoms with Gasteiger partial charge in [-0.1, -0.05) is 64.1 Å². The molecule has 0 aliphatic carbocycles. The average Bonchev–Trinajstić information content (AvgIpc) is 3.25. The number of carbonyl (C=O) groups excluding carboxylic acids is 1. The quantitative estimate of drug-likeness (QED) is 0.523. The van der Waals surface area contributed by atoms with Crippen molar-refractivity contribution < 1.29 is 9.53 Å². The second-order valence-corrected chi connectivity index (χ2v) is 9.79. The van der Waals surface area contributed by atoms with Crippen molar-refractivity contribution in [2.75, 3.05) is 12.4 Å². The average molecular weight is 447 g/mol. The third-order valence-electron chi connectivity index (χ3n) is 6.51. The standard InChI is InChI=1S/C27H34N4O2/c1-6-18-7-11-20(12-8-18)23-15-24(27(2,3)4)31-25(30-23)22(17-29-31)26(32)28-16-19-9-13-21(33-5)14-10-19/h7-14,17,23-24,30H,6,15-16H2,1-5H3,(H,28,32)/t23-,24+/m0/s1. The van der Waals surface area contributed by atoms with Crippen molar-refractivity contribution in [1.29, 1.82) is 0 Å². The normalized spacial score (nSPS) is 17.7. The number of carbonyl (C=O) groups is 1. The molecule has 2 N–H and O–H groups in total. The Morgan fingerprint density at radius 3 is 2.39 bits per heavy atom. The Morgan fingerprint density at radius 1 is 1.12 bits per heavy atom. The van der Waals surface area contributed by atoms with Crippen LogP contribution >= 0.6 is 0 Å². The highest BCUT2D eigenvalue weighted by Gasteiger charge is 2.37. The van der Waals surface area contributed by atoms with Crippen LogP contribution in [0.25, 0.3) is 0 Å². The van der Waals surface area contributed by atoms with E-state index in [1.807, 2.05) is 28.9 Å². The van der Waals surface area contributed by atoms with Crippen molar-refractivity contribution in [3.05, 3.63) is 77.0 Å². The number of hydrogen-bond acceptors (Lipinski definition) is 4. The van der Waals surface area contributed by atoms with Crippen LogP contribution in [0.1, 0.15) is 73.2 Å². The Hall–Kier alpha value is -3.28. The van der Waals surface area contributed by atoms with Crippen LogP contribution in [0.15, 0.2) is 54.7 Å². The monoisotopic (exact) mass is 446 g/mol. The van der Waals surface area contributed by atoms with Crippen molar-refractivity contribution in [3.8, 4) is 5.75 Å². The number of benzene rings is 2. The topological polar surface area (TPSA) is 68.2 Å². The van der Waals surface area contributed by atoms with Gasteiger partial charge in [0.25, 0.3) is 5.91 Å². The lowest BCUT2D eigenvalue weighted by atomic mass is 9.80. The van der Waals surface area contributed by atoms with Gasteiger partial charge in [0, 0.05) is 6.54 Å². The molecular weight excluding hydrogens is 412 g/mol. The molecule has 174 valence electrons. The molecule has 2 heterocycles. The van der Waals surface area contributed by atoms with Gasteiger partial charge < -0.3 is 15.4 Å². The van der Waals surface area contributed by atoms with E-state index in [1.54, 1.807) is 13.3 Å². The van der Waals surface area contributed by atoms with Crippen molar-refractivity contribution in [2.45, 2.75) is 59.2 Å². The highest BCUT2D eigenvalue weighted by atomic mass is 16.5. The minimum atomic E-state index is -0.130. The molecule has 33 heavy (non-hydrogen) atoms. The van der Waals surface area contributed by atoms with Crippen molar-refractivity contribution in [1.82, 2.24) is 15.1 Å². The number of fused-ring (bicyclic) bond motifs is 1. The molecule has 6 nitrogen and oxygen atoms in total. The summed E-state index contributed by atoms with van der Waals surface area (Å²) in [6.07, 6.45) is 3.62. The van der Waals surface area contributed by atoms with E-state index in [0.717, 1.165) is 30.0 Å². The third kappa shape index (κ3) is 4.90. The largest absolute Gasteiger partial charge is 0.497 e. The summed E-state index contributed by atoms with van der Waals surface area (Å²) < 4.78 is 7.21. The summed E-state index contributed by atoms with van der Waals surface area (Å²) in [7, 11) is 1.64. The van der Waals surface area contributed by atoms with Crippen LogP contribution in [0.4, 0.5) is 5.82 Å². The highest BCUT2D eigenvalue weighted by molar-refractivity contribution is 5.98. The molecule has 0 unspecified atom stereocenters. The first kappa shape index (κ1) is 22.9. The molecule has 6 heteroatoms. The molecule has 4 rings (SSSR count). The molecule has 0 saturated carbocycles. The molecule has 0 radical (unpaired) electrons.